The van der Waals surface area contributed by atoms with E-state index in [2.05, 4.69) is 28.1 Å². The average molecular weight is 247 g/mol. The quantitative estimate of drug-likeness (QED) is 0.783. The second kappa shape index (κ2) is 5.43. The summed E-state index contributed by atoms with van der Waals surface area (Å²) in [5.74, 6) is 0. The van der Waals surface area contributed by atoms with Crippen molar-refractivity contribution in [1.29, 1.82) is 0 Å². The highest BCUT2D eigenvalue weighted by molar-refractivity contribution is 5.17. The molecule has 100 valence electrons. The van der Waals surface area contributed by atoms with Crippen LogP contribution < -0.4 is 5.32 Å². The SMILES string of the molecule is CC(CCCNC1CC1)n1cnc2c1CCCC2. The zero-order valence-corrected chi connectivity index (χ0v) is 11.5. The van der Waals surface area contributed by atoms with Gasteiger partial charge in [0.15, 0.2) is 0 Å². The van der Waals surface area contributed by atoms with Crippen molar-refractivity contribution in [1.82, 2.24) is 14.9 Å². The largest absolute Gasteiger partial charge is 0.332 e. The van der Waals surface area contributed by atoms with Crippen LogP contribution >= 0.6 is 0 Å². The number of fused-ring (bicyclic) bond motifs is 1. The van der Waals surface area contributed by atoms with E-state index in [9.17, 15) is 0 Å². The Morgan fingerprint density at radius 1 is 1.39 bits per heavy atom. The second-order valence-electron chi connectivity index (χ2n) is 5.97. The fourth-order valence-electron chi connectivity index (χ4n) is 3.00. The summed E-state index contributed by atoms with van der Waals surface area (Å²) in [6.45, 7) is 3.53. The summed E-state index contributed by atoms with van der Waals surface area (Å²) >= 11 is 0. The molecule has 0 bridgehead atoms. The Morgan fingerprint density at radius 2 is 2.22 bits per heavy atom. The van der Waals surface area contributed by atoms with Gasteiger partial charge in [-0.3, -0.25) is 0 Å². The van der Waals surface area contributed by atoms with Crippen LogP contribution in [0.25, 0.3) is 0 Å². The monoisotopic (exact) mass is 247 g/mol. The lowest BCUT2D eigenvalue weighted by Gasteiger charge is -2.19. The maximum absolute atomic E-state index is 4.59. The highest BCUT2D eigenvalue weighted by Crippen LogP contribution is 2.25. The van der Waals surface area contributed by atoms with Gasteiger partial charge in [0, 0.05) is 17.8 Å². The molecule has 1 unspecified atom stereocenters. The minimum atomic E-state index is 0.611. The Morgan fingerprint density at radius 3 is 3.06 bits per heavy atom. The first-order valence-electron chi connectivity index (χ1n) is 7.62. The highest BCUT2D eigenvalue weighted by Gasteiger charge is 2.20. The molecule has 1 N–H and O–H groups in total. The van der Waals surface area contributed by atoms with Gasteiger partial charge < -0.3 is 9.88 Å². The van der Waals surface area contributed by atoms with Gasteiger partial charge in [-0.1, -0.05) is 0 Å². The molecule has 0 radical (unpaired) electrons. The zero-order valence-electron chi connectivity index (χ0n) is 11.5. The molecule has 1 atom stereocenters. The Balaban J connectivity index is 1.51. The van der Waals surface area contributed by atoms with E-state index in [0.29, 0.717) is 6.04 Å². The van der Waals surface area contributed by atoms with Gasteiger partial charge in [0.1, 0.15) is 0 Å². The lowest BCUT2D eigenvalue weighted by atomic mass is 10.0. The third kappa shape index (κ3) is 2.77. The van der Waals surface area contributed by atoms with Crippen molar-refractivity contribution in [2.24, 2.45) is 0 Å². The Kier molecular flexibility index (Phi) is 3.69. The first-order valence-corrected chi connectivity index (χ1v) is 7.62. The van der Waals surface area contributed by atoms with E-state index in [1.165, 1.54) is 69.3 Å². The summed E-state index contributed by atoms with van der Waals surface area (Å²) in [5, 5.41) is 3.59. The van der Waals surface area contributed by atoms with E-state index in [4.69, 9.17) is 0 Å². The lowest BCUT2D eigenvalue weighted by molar-refractivity contribution is 0.457. The maximum Gasteiger partial charge on any atom is 0.0954 e. The van der Waals surface area contributed by atoms with Crippen LogP contribution in [0.2, 0.25) is 0 Å². The van der Waals surface area contributed by atoms with Crippen molar-refractivity contribution in [3.8, 4) is 0 Å². The van der Waals surface area contributed by atoms with Gasteiger partial charge >= 0.3 is 0 Å². The van der Waals surface area contributed by atoms with Crippen molar-refractivity contribution >= 4 is 0 Å². The van der Waals surface area contributed by atoms with Crippen LogP contribution in [0.3, 0.4) is 0 Å². The third-order valence-corrected chi connectivity index (χ3v) is 4.34. The van der Waals surface area contributed by atoms with Gasteiger partial charge in [-0.2, -0.15) is 0 Å². The summed E-state index contributed by atoms with van der Waals surface area (Å²) in [6.07, 6.45) is 12.5. The van der Waals surface area contributed by atoms with E-state index in [1.807, 2.05) is 0 Å². The molecule has 1 heterocycles. The van der Waals surface area contributed by atoms with Gasteiger partial charge in [-0.25, -0.2) is 4.98 Å². The average Bonchev–Trinajstić information content (AvgIpc) is 3.11. The number of hydrogen-bond acceptors (Lipinski definition) is 2. The number of imidazole rings is 1. The van der Waals surface area contributed by atoms with Gasteiger partial charge in [-0.15, -0.1) is 0 Å². The molecule has 1 aromatic rings. The van der Waals surface area contributed by atoms with Crippen LogP contribution in [0, 0.1) is 0 Å². The molecule has 1 fully saturated rings. The summed E-state index contributed by atoms with van der Waals surface area (Å²) < 4.78 is 2.44. The van der Waals surface area contributed by atoms with E-state index in [-0.39, 0.29) is 0 Å². The molecular weight excluding hydrogens is 222 g/mol. The van der Waals surface area contributed by atoms with Crippen LogP contribution in [0.4, 0.5) is 0 Å². The molecule has 18 heavy (non-hydrogen) atoms. The third-order valence-electron chi connectivity index (χ3n) is 4.34. The van der Waals surface area contributed by atoms with Gasteiger partial charge in [0.05, 0.1) is 12.0 Å². The number of hydrogen-bond donors (Lipinski definition) is 1. The number of aryl methyl sites for hydroxylation is 1. The predicted molar refractivity (Wildman–Crippen MR) is 73.8 cm³/mol. The predicted octanol–water partition coefficient (Wildman–Crippen LogP) is 2.86. The van der Waals surface area contributed by atoms with Crippen LogP contribution in [0.15, 0.2) is 6.33 Å². The van der Waals surface area contributed by atoms with E-state index in [1.54, 1.807) is 0 Å². The van der Waals surface area contributed by atoms with E-state index >= 15 is 0 Å². The number of nitrogens with one attached hydrogen (secondary N) is 1. The fraction of sp³-hybridized carbons (Fsp3) is 0.800. The van der Waals surface area contributed by atoms with Gasteiger partial charge in [0.2, 0.25) is 0 Å². The smallest absolute Gasteiger partial charge is 0.0954 e. The van der Waals surface area contributed by atoms with Crippen LogP contribution in [-0.2, 0) is 12.8 Å². The summed E-state index contributed by atoms with van der Waals surface area (Å²) in [7, 11) is 0. The lowest BCUT2D eigenvalue weighted by Crippen LogP contribution is -2.19. The molecule has 2 aliphatic rings. The Labute approximate surface area is 110 Å². The minimum absolute atomic E-state index is 0.611. The first-order chi connectivity index (χ1) is 8.84. The molecule has 1 aromatic heterocycles. The van der Waals surface area contributed by atoms with Crippen molar-refractivity contribution in [2.75, 3.05) is 6.54 Å². The van der Waals surface area contributed by atoms with E-state index < -0.39 is 0 Å². The van der Waals surface area contributed by atoms with Gasteiger partial charge in [0.25, 0.3) is 0 Å². The molecule has 3 rings (SSSR count). The molecule has 0 aromatic carbocycles. The minimum Gasteiger partial charge on any atom is -0.332 e. The molecule has 3 heteroatoms. The summed E-state index contributed by atoms with van der Waals surface area (Å²) in [4.78, 5) is 4.59. The molecule has 0 spiro atoms. The molecule has 3 nitrogen and oxygen atoms in total. The maximum atomic E-state index is 4.59. The molecule has 0 amide bonds. The normalized spacial score (nSPS) is 20.7. The standard InChI is InChI=1S/C15H25N3/c1-12(5-4-10-16-13-8-9-13)18-11-17-14-6-2-3-7-15(14)18/h11-13,16H,2-10H2,1H3. The zero-order chi connectivity index (χ0) is 12.4. The van der Waals surface area contributed by atoms with Crippen molar-refractivity contribution < 1.29 is 0 Å². The number of nitrogens with zero attached hydrogens (tertiary/aromatic N) is 2. The fourth-order valence-corrected chi connectivity index (χ4v) is 3.00. The van der Waals surface area contributed by atoms with Crippen LogP contribution in [-0.4, -0.2) is 22.1 Å². The van der Waals surface area contributed by atoms with Crippen LogP contribution in [0.5, 0.6) is 0 Å². The Bertz CT molecular complexity index is 392. The first kappa shape index (κ1) is 12.2. The van der Waals surface area contributed by atoms with Crippen molar-refractivity contribution in [3.05, 3.63) is 17.7 Å². The topological polar surface area (TPSA) is 29.9 Å². The summed E-state index contributed by atoms with van der Waals surface area (Å²) in [6, 6.07) is 1.46. The molecular formula is C15H25N3. The van der Waals surface area contributed by atoms with Gasteiger partial charge in [-0.05, 0) is 64.8 Å². The number of aromatic nitrogens is 2. The van der Waals surface area contributed by atoms with Crippen molar-refractivity contribution in [3.63, 3.8) is 0 Å². The molecule has 2 aliphatic carbocycles. The summed E-state index contributed by atoms with van der Waals surface area (Å²) in [5.41, 5.74) is 2.88. The van der Waals surface area contributed by atoms with E-state index in [0.717, 1.165) is 6.04 Å². The van der Waals surface area contributed by atoms with Crippen LogP contribution in [0.1, 0.15) is 62.9 Å². The molecule has 0 saturated heterocycles. The Hall–Kier alpha value is -0.830. The molecule has 0 aliphatic heterocycles. The number of rotatable bonds is 6. The highest BCUT2D eigenvalue weighted by atomic mass is 15.1. The van der Waals surface area contributed by atoms with Crippen molar-refractivity contribution in [2.45, 2.75) is 70.4 Å². The molecule has 1 saturated carbocycles. The second-order valence-corrected chi connectivity index (χ2v) is 5.97.